The van der Waals surface area contributed by atoms with Crippen molar-refractivity contribution >= 4 is 5.91 Å². The van der Waals surface area contributed by atoms with Crippen LogP contribution in [0.5, 0.6) is 0 Å². The van der Waals surface area contributed by atoms with Crippen molar-refractivity contribution in [3.05, 3.63) is 0 Å². The maximum absolute atomic E-state index is 11.7. The Hall–Kier alpha value is -0.570. The Labute approximate surface area is 85.8 Å². The van der Waals surface area contributed by atoms with Gasteiger partial charge in [-0.05, 0) is 45.2 Å². The molecule has 2 fully saturated rings. The summed E-state index contributed by atoms with van der Waals surface area (Å²) in [5.41, 5.74) is 0. The van der Waals surface area contributed by atoms with E-state index in [2.05, 4.69) is 10.2 Å². The Morgan fingerprint density at radius 3 is 2.93 bits per heavy atom. The van der Waals surface area contributed by atoms with Gasteiger partial charge in [0.2, 0.25) is 5.91 Å². The number of likely N-dealkylation sites (tertiary alicyclic amines) is 1. The Balaban J connectivity index is 1.93. The van der Waals surface area contributed by atoms with Crippen molar-refractivity contribution in [1.82, 2.24) is 10.2 Å². The van der Waals surface area contributed by atoms with Crippen molar-refractivity contribution < 1.29 is 4.79 Å². The van der Waals surface area contributed by atoms with Crippen LogP contribution in [-0.2, 0) is 4.79 Å². The third-order valence-corrected chi connectivity index (χ3v) is 3.35. The topological polar surface area (TPSA) is 32.3 Å². The van der Waals surface area contributed by atoms with E-state index in [1.807, 2.05) is 0 Å². The molecule has 0 aromatic rings. The first-order valence-electron chi connectivity index (χ1n) is 5.88. The molecule has 14 heavy (non-hydrogen) atoms. The van der Waals surface area contributed by atoms with Crippen LogP contribution in [0.2, 0.25) is 0 Å². The molecule has 0 spiro atoms. The number of amides is 1. The van der Waals surface area contributed by atoms with E-state index in [4.69, 9.17) is 0 Å². The molecule has 2 rings (SSSR count). The fraction of sp³-hybridized carbons (Fsp3) is 0.909. The monoisotopic (exact) mass is 196 g/mol. The molecule has 2 aliphatic heterocycles. The second-order valence-corrected chi connectivity index (χ2v) is 4.38. The maximum atomic E-state index is 11.7. The molecule has 80 valence electrons. The summed E-state index contributed by atoms with van der Waals surface area (Å²) in [6.45, 7) is 3.20. The van der Waals surface area contributed by atoms with E-state index in [9.17, 15) is 4.79 Å². The number of nitrogens with zero attached hydrogens (tertiary/aromatic N) is 1. The van der Waals surface area contributed by atoms with Gasteiger partial charge in [-0.25, -0.2) is 0 Å². The number of carbonyl (C=O) groups is 1. The molecule has 2 heterocycles. The fourth-order valence-corrected chi connectivity index (χ4v) is 2.53. The normalized spacial score (nSPS) is 30.1. The summed E-state index contributed by atoms with van der Waals surface area (Å²) in [6.07, 6.45) is 6.64. The van der Waals surface area contributed by atoms with E-state index < -0.39 is 0 Å². The van der Waals surface area contributed by atoms with E-state index in [1.54, 1.807) is 0 Å². The van der Waals surface area contributed by atoms with Crippen LogP contribution < -0.4 is 5.32 Å². The highest BCUT2D eigenvalue weighted by Crippen LogP contribution is 2.19. The molecule has 2 aliphatic rings. The zero-order chi connectivity index (χ0) is 9.80. The average Bonchev–Trinajstić information content (AvgIpc) is 2.47. The van der Waals surface area contributed by atoms with Gasteiger partial charge in [-0.15, -0.1) is 0 Å². The van der Waals surface area contributed by atoms with E-state index in [0.29, 0.717) is 11.9 Å². The lowest BCUT2D eigenvalue weighted by Crippen LogP contribution is -2.43. The highest BCUT2D eigenvalue weighted by molar-refractivity contribution is 5.77. The zero-order valence-electron chi connectivity index (χ0n) is 8.80. The van der Waals surface area contributed by atoms with Crippen LogP contribution in [0.15, 0.2) is 0 Å². The quantitative estimate of drug-likeness (QED) is 0.682. The molecule has 0 aliphatic carbocycles. The van der Waals surface area contributed by atoms with Crippen molar-refractivity contribution in [2.24, 2.45) is 0 Å². The van der Waals surface area contributed by atoms with Gasteiger partial charge in [-0.2, -0.15) is 0 Å². The van der Waals surface area contributed by atoms with Gasteiger partial charge in [-0.3, -0.25) is 4.79 Å². The molecule has 1 amide bonds. The second kappa shape index (κ2) is 4.78. The Bertz CT molecular complexity index is 197. The van der Waals surface area contributed by atoms with Crippen LogP contribution in [0.3, 0.4) is 0 Å². The molecule has 1 N–H and O–H groups in total. The number of hydrogen-bond acceptors (Lipinski definition) is 2. The lowest BCUT2D eigenvalue weighted by atomic mass is 10.0. The lowest BCUT2D eigenvalue weighted by molar-refractivity contribution is -0.136. The predicted molar refractivity (Wildman–Crippen MR) is 56.1 cm³/mol. The van der Waals surface area contributed by atoms with Gasteiger partial charge < -0.3 is 10.2 Å². The van der Waals surface area contributed by atoms with Gasteiger partial charge in [0, 0.05) is 19.0 Å². The first-order valence-corrected chi connectivity index (χ1v) is 5.88. The Kier molecular flexibility index (Phi) is 3.40. The highest BCUT2D eigenvalue weighted by Gasteiger charge is 2.26. The van der Waals surface area contributed by atoms with E-state index in [0.717, 1.165) is 38.9 Å². The molecule has 0 radical (unpaired) electrons. The van der Waals surface area contributed by atoms with Crippen LogP contribution in [0, 0.1) is 0 Å². The van der Waals surface area contributed by atoms with Crippen LogP contribution >= 0.6 is 0 Å². The summed E-state index contributed by atoms with van der Waals surface area (Å²) in [5, 5.41) is 3.39. The number of carbonyl (C=O) groups excluding carboxylic acids is 1. The summed E-state index contributed by atoms with van der Waals surface area (Å²) in [6, 6.07) is 0.526. The van der Waals surface area contributed by atoms with E-state index in [1.165, 1.54) is 19.3 Å². The smallest absolute Gasteiger partial charge is 0.222 e. The minimum absolute atomic E-state index is 0.392. The standard InChI is InChI=1S/C11H20N2O/c14-11-5-1-2-9-13(11)10-4-3-7-12-8-6-10/h10,12H,1-9H2. The number of hydrogen-bond donors (Lipinski definition) is 1. The summed E-state index contributed by atoms with van der Waals surface area (Å²) in [7, 11) is 0. The summed E-state index contributed by atoms with van der Waals surface area (Å²) >= 11 is 0. The average molecular weight is 196 g/mol. The SMILES string of the molecule is O=C1CCCCN1C1CCCNCC1. The predicted octanol–water partition coefficient (Wildman–Crippen LogP) is 1.14. The third kappa shape index (κ3) is 2.27. The van der Waals surface area contributed by atoms with Crippen molar-refractivity contribution in [2.45, 2.75) is 44.6 Å². The third-order valence-electron chi connectivity index (χ3n) is 3.35. The van der Waals surface area contributed by atoms with Crippen LogP contribution in [0.4, 0.5) is 0 Å². The molecule has 0 aromatic heterocycles. The number of nitrogens with one attached hydrogen (secondary N) is 1. The summed E-state index contributed by atoms with van der Waals surface area (Å²) in [4.78, 5) is 13.8. The molecular weight excluding hydrogens is 176 g/mol. The van der Waals surface area contributed by atoms with Crippen molar-refractivity contribution in [3.63, 3.8) is 0 Å². The Morgan fingerprint density at radius 2 is 2.07 bits per heavy atom. The lowest BCUT2D eigenvalue weighted by Gasteiger charge is -2.34. The largest absolute Gasteiger partial charge is 0.340 e. The molecular formula is C11H20N2O. The second-order valence-electron chi connectivity index (χ2n) is 4.38. The first kappa shape index (κ1) is 9.97. The molecule has 0 saturated carbocycles. The van der Waals surface area contributed by atoms with Gasteiger partial charge in [0.1, 0.15) is 0 Å². The van der Waals surface area contributed by atoms with E-state index in [-0.39, 0.29) is 0 Å². The highest BCUT2D eigenvalue weighted by atomic mass is 16.2. The molecule has 1 unspecified atom stereocenters. The maximum Gasteiger partial charge on any atom is 0.222 e. The first-order chi connectivity index (χ1) is 6.88. The van der Waals surface area contributed by atoms with E-state index >= 15 is 0 Å². The van der Waals surface area contributed by atoms with Crippen molar-refractivity contribution in [2.75, 3.05) is 19.6 Å². The number of rotatable bonds is 1. The van der Waals surface area contributed by atoms with Gasteiger partial charge >= 0.3 is 0 Å². The van der Waals surface area contributed by atoms with Gasteiger partial charge in [0.25, 0.3) is 0 Å². The van der Waals surface area contributed by atoms with Gasteiger partial charge in [0.15, 0.2) is 0 Å². The molecule has 1 atom stereocenters. The molecule has 3 heteroatoms. The fourth-order valence-electron chi connectivity index (χ4n) is 2.53. The van der Waals surface area contributed by atoms with Crippen LogP contribution in [0.1, 0.15) is 38.5 Å². The summed E-state index contributed by atoms with van der Waals surface area (Å²) < 4.78 is 0. The minimum atomic E-state index is 0.392. The molecule has 2 saturated heterocycles. The van der Waals surface area contributed by atoms with Gasteiger partial charge in [0.05, 0.1) is 0 Å². The Morgan fingerprint density at radius 1 is 1.14 bits per heavy atom. The van der Waals surface area contributed by atoms with Crippen molar-refractivity contribution in [1.29, 1.82) is 0 Å². The van der Waals surface area contributed by atoms with Crippen molar-refractivity contribution in [3.8, 4) is 0 Å². The number of piperidine rings is 1. The summed E-state index contributed by atoms with van der Waals surface area (Å²) in [5.74, 6) is 0.392. The van der Waals surface area contributed by atoms with Crippen LogP contribution in [-0.4, -0.2) is 36.5 Å². The van der Waals surface area contributed by atoms with Gasteiger partial charge in [-0.1, -0.05) is 0 Å². The zero-order valence-corrected chi connectivity index (χ0v) is 8.80. The molecule has 0 bridgehead atoms. The molecule has 0 aromatic carbocycles. The molecule has 3 nitrogen and oxygen atoms in total. The minimum Gasteiger partial charge on any atom is -0.340 e. The van der Waals surface area contributed by atoms with Crippen LogP contribution in [0.25, 0.3) is 0 Å².